The van der Waals surface area contributed by atoms with E-state index in [1.807, 2.05) is 0 Å². The van der Waals surface area contributed by atoms with E-state index in [2.05, 4.69) is 9.47 Å². The van der Waals surface area contributed by atoms with Gasteiger partial charge in [-0.15, -0.1) is 0 Å². The number of ether oxygens (including phenoxy) is 2. The van der Waals surface area contributed by atoms with Gasteiger partial charge in [0.25, 0.3) is 0 Å². The Labute approximate surface area is 43.2 Å². The molecular formula is C3H2F2O3. The van der Waals surface area contributed by atoms with Gasteiger partial charge in [-0.1, -0.05) is 0 Å². The van der Waals surface area contributed by atoms with Crippen molar-refractivity contribution in [3.8, 4) is 0 Å². The molecule has 2 atom stereocenters. The summed E-state index contributed by atoms with van der Waals surface area (Å²) in [6, 6.07) is 0. The highest BCUT2D eigenvalue weighted by molar-refractivity contribution is 5.61. The normalized spacial score (nSPS) is 36.5. The number of hydrogen-bond acceptors (Lipinski definition) is 3. The lowest BCUT2D eigenvalue weighted by Gasteiger charge is -1.92. The largest absolute Gasteiger partial charge is 0.513 e. The molecule has 1 fully saturated rings. The lowest BCUT2D eigenvalue weighted by molar-refractivity contribution is -0.0349. The number of carbonyl (C=O) groups is 1. The maximum Gasteiger partial charge on any atom is 0.513 e. The lowest BCUT2D eigenvalue weighted by atomic mass is 10.7. The Hall–Kier alpha value is -0.870. The molecule has 1 heterocycles. The Balaban J connectivity index is 2.51. The van der Waals surface area contributed by atoms with E-state index in [-0.39, 0.29) is 0 Å². The average Bonchev–Trinajstić information content (AvgIpc) is 1.85. The molecule has 1 rings (SSSR count). The molecule has 5 heteroatoms. The van der Waals surface area contributed by atoms with Crippen molar-refractivity contribution in [2.24, 2.45) is 0 Å². The minimum atomic E-state index is -2.25. The second-order valence-corrected chi connectivity index (χ2v) is 1.19. The number of carbonyl (C=O) groups excluding carboxylic acids is 1. The van der Waals surface area contributed by atoms with E-state index in [9.17, 15) is 13.6 Å². The number of cyclic esters (lactones) is 2. The minimum Gasteiger partial charge on any atom is -0.392 e. The molecular weight excluding hydrogens is 122 g/mol. The second-order valence-electron chi connectivity index (χ2n) is 1.19. The molecule has 0 aromatic heterocycles. The van der Waals surface area contributed by atoms with Gasteiger partial charge >= 0.3 is 18.9 Å². The zero-order valence-electron chi connectivity index (χ0n) is 3.64. The predicted octanol–water partition coefficient (Wildman–Crippen LogP) is 0.744. The van der Waals surface area contributed by atoms with Gasteiger partial charge in [-0.25, -0.2) is 4.79 Å². The Kier molecular flexibility index (Phi) is 1.04. The molecule has 1 saturated heterocycles. The fraction of sp³-hybridized carbons (Fsp3) is 0.667. The molecule has 1 aliphatic rings. The summed E-state index contributed by atoms with van der Waals surface area (Å²) in [5.41, 5.74) is 0. The van der Waals surface area contributed by atoms with Crippen molar-refractivity contribution in [1.82, 2.24) is 0 Å². The van der Waals surface area contributed by atoms with Crippen molar-refractivity contribution in [2.45, 2.75) is 12.7 Å². The molecule has 0 aromatic carbocycles. The molecule has 46 valence electrons. The molecule has 1 unspecified atom stereocenters. The van der Waals surface area contributed by atoms with Crippen molar-refractivity contribution < 1.29 is 23.0 Å². The van der Waals surface area contributed by atoms with E-state index in [0.717, 1.165) is 0 Å². The topological polar surface area (TPSA) is 35.5 Å². The monoisotopic (exact) mass is 124 g/mol. The second kappa shape index (κ2) is 1.57. The zero-order chi connectivity index (χ0) is 6.15. The summed E-state index contributed by atoms with van der Waals surface area (Å²) in [6.45, 7) is 0. The van der Waals surface area contributed by atoms with E-state index < -0.39 is 18.9 Å². The van der Waals surface area contributed by atoms with Gasteiger partial charge in [0.1, 0.15) is 0 Å². The van der Waals surface area contributed by atoms with Crippen LogP contribution in [0, 0.1) is 0 Å². The van der Waals surface area contributed by atoms with Crippen molar-refractivity contribution in [3.05, 3.63) is 0 Å². The zero-order valence-corrected chi connectivity index (χ0v) is 3.64. The van der Waals surface area contributed by atoms with Gasteiger partial charge in [-0.2, -0.15) is 8.78 Å². The first-order valence-electron chi connectivity index (χ1n) is 1.85. The Bertz CT molecular complexity index is 103. The van der Waals surface area contributed by atoms with Crippen molar-refractivity contribution >= 4 is 6.16 Å². The molecule has 0 bridgehead atoms. The average molecular weight is 124 g/mol. The Morgan fingerprint density at radius 2 is 1.62 bits per heavy atom. The Morgan fingerprint density at radius 3 is 1.75 bits per heavy atom. The summed E-state index contributed by atoms with van der Waals surface area (Å²) >= 11 is 0. The van der Waals surface area contributed by atoms with E-state index in [1.165, 1.54) is 0 Å². The van der Waals surface area contributed by atoms with Crippen LogP contribution >= 0.6 is 0 Å². The van der Waals surface area contributed by atoms with Crippen LogP contribution in [0.3, 0.4) is 0 Å². The highest BCUT2D eigenvalue weighted by Crippen LogP contribution is 2.16. The molecule has 0 saturated carbocycles. The van der Waals surface area contributed by atoms with Crippen LogP contribution < -0.4 is 0 Å². The highest BCUT2D eigenvalue weighted by Gasteiger charge is 2.36. The standard InChI is InChI=1S/C3H2F2O3/c4-1-2(5)8-3(6)7-1/h1-2H/t1-,2?/m0/s1. The van der Waals surface area contributed by atoms with Gasteiger partial charge in [0.15, 0.2) is 0 Å². The lowest BCUT2D eigenvalue weighted by Crippen LogP contribution is -2.09. The summed E-state index contributed by atoms with van der Waals surface area (Å²) in [6.07, 6.45) is -5.80. The fourth-order valence-corrected chi connectivity index (χ4v) is 0.319. The third kappa shape index (κ3) is 0.706. The van der Waals surface area contributed by atoms with Crippen LogP contribution in [0.5, 0.6) is 0 Å². The van der Waals surface area contributed by atoms with Crippen LogP contribution in [-0.2, 0) is 9.47 Å². The van der Waals surface area contributed by atoms with Crippen molar-refractivity contribution in [3.63, 3.8) is 0 Å². The highest BCUT2D eigenvalue weighted by atomic mass is 19.2. The number of alkyl halides is 2. The molecule has 0 N–H and O–H groups in total. The van der Waals surface area contributed by atoms with Gasteiger partial charge in [-0.05, 0) is 0 Å². The van der Waals surface area contributed by atoms with E-state index >= 15 is 0 Å². The molecule has 3 nitrogen and oxygen atoms in total. The Morgan fingerprint density at radius 1 is 1.25 bits per heavy atom. The third-order valence-corrected chi connectivity index (χ3v) is 0.624. The first kappa shape index (κ1) is 5.27. The predicted molar refractivity (Wildman–Crippen MR) is 17.4 cm³/mol. The van der Waals surface area contributed by atoms with Crippen molar-refractivity contribution in [1.29, 1.82) is 0 Å². The van der Waals surface area contributed by atoms with Crippen LogP contribution in [0.1, 0.15) is 0 Å². The molecule has 8 heavy (non-hydrogen) atoms. The molecule has 0 amide bonds. The summed E-state index contributed by atoms with van der Waals surface area (Å²) < 4.78 is 30.4. The van der Waals surface area contributed by atoms with E-state index in [1.54, 1.807) is 0 Å². The molecule has 0 aliphatic carbocycles. The van der Waals surface area contributed by atoms with Crippen LogP contribution in [0.2, 0.25) is 0 Å². The van der Waals surface area contributed by atoms with Crippen molar-refractivity contribution in [2.75, 3.05) is 0 Å². The molecule has 0 aromatic rings. The molecule has 0 radical (unpaired) electrons. The van der Waals surface area contributed by atoms with Gasteiger partial charge < -0.3 is 9.47 Å². The SMILES string of the molecule is O=C1OC(F)[C@@H](F)O1. The smallest absolute Gasteiger partial charge is 0.392 e. The van der Waals surface area contributed by atoms with Gasteiger partial charge in [0.05, 0.1) is 0 Å². The third-order valence-electron chi connectivity index (χ3n) is 0.624. The first-order chi connectivity index (χ1) is 3.70. The fourth-order valence-electron chi connectivity index (χ4n) is 0.319. The van der Waals surface area contributed by atoms with Crippen LogP contribution in [0.15, 0.2) is 0 Å². The maximum absolute atomic E-state index is 11.6. The number of halogens is 2. The van der Waals surface area contributed by atoms with E-state index in [4.69, 9.17) is 0 Å². The number of rotatable bonds is 0. The van der Waals surface area contributed by atoms with E-state index in [0.29, 0.717) is 0 Å². The summed E-state index contributed by atoms with van der Waals surface area (Å²) in [5, 5.41) is 0. The maximum atomic E-state index is 11.6. The number of hydrogen-bond donors (Lipinski definition) is 0. The quantitative estimate of drug-likeness (QED) is 0.447. The van der Waals surface area contributed by atoms with Gasteiger partial charge in [0.2, 0.25) is 0 Å². The van der Waals surface area contributed by atoms with Crippen LogP contribution in [0.25, 0.3) is 0 Å². The molecule has 1 aliphatic heterocycles. The molecule has 0 spiro atoms. The van der Waals surface area contributed by atoms with Crippen LogP contribution in [0.4, 0.5) is 13.6 Å². The first-order valence-corrected chi connectivity index (χ1v) is 1.85. The van der Waals surface area contributed by atoms with Gasteiger partial charge in [0, 0.05) is 0 Å². The summed E-state index contributed by atoms with van der Waals surface area (Å²) in [4.78, 5) is 9.74. The summed E-state index contributed by atoms with van der Waals surface area (Å²) in [7, 11) is 0. The summed E-state index contributed by atoms with van der Waals surface area (Å²) in [5.74, 6) is 0. The van der Waals surface area contributed by atoms with Gasteiger partial charge in [-0.3, -0.25) is 0 Å². The minimum absolute atomic E-state index is 1.30. The van der Waals surface area contributed by atoms with Crippen LogP contribution in [-0.4, -0.2) is 18.9 Å².